The lowest BCUT2D eigenvalue weighted by atomic mass is 10.1. The summed E-state index contributed by atoms with van der Waals surface area (Å²) in [5.41, 5.74) is 0. The van der Waals surface area contributed by atoms with Crippen molar-refractivity contribution in [2.75, 3.05) is 13.2 Å². The van der Waals surface area contributed by atoms with Gasteiger partial charge in [0.2, 0.25) is 0 Å². The van der Waals surface area contributed by atoms with Crippen molar-refractivity contribution in [3.63, 3.8) is 0 Å². The normalized spacial score (nSPS) is 12.0. The molecule has 0 aliphatic heterocycles. The van der Waals surface area contributed by atoms with Crippen LogP contribution >= 0.6 is 0 Å². The van der Waals surface area contributed by atoms with Crippen LogP contribution in [0.25, 0.3) is 0 Å². The third-order valence-electron chi connectivity index (χ3n) is 10.3. The van der Waals surface area contributed by atoms with Crippen LogP contribution in [0.5, 0.6) is 0 Å². The molecule has 0 N–H and O–H groups in total. The number of carbonyl (C=O) groups excluding carboxylic acids is 3. The second-order valence-corrected chi connectivity index (χ2v) is 15.7. The van der Waals surface area contributed by atoms with Gasteiger partial charge < -0.3 is 14.2 Å². The van der Waals surface area contributed by atoms with E-state index in [2.05, 4.69) is 32.9 Å². The lowest BCUT2D eigenvalue weighted by Crippen LogP contribution is -2.30. The smallest absolute Gasteiger partial charge is 0.306 e. The predicted molar refractivity (Wildman–Crippen MR) is 224 cm³/mol. The molecule has 6 heteroatoms. The fourth-order valence-electron chi connectivity index (χ4n) is 6.73. The monoisotopic (exact) mass is 749 g/mol. The largest absolute Gasteiger partial charge is 0.462 e. The Labute approximate surface area is 329 Å². The maximum Gasteiger partial charge on any atom is 0.306 e. The molecule has 0 aromatic heterocycles. The zero-order valence-electron chi connectivity index (χ0n) is 35.6. The van der Waals surface area contributed by atoms with Crippen molar-refractivity contribution in [2.24, 2.45) is 0 Å². The van der Waals surface area contributed by atoms with Crippen LogP contribution in [-0.4, -0.2) is 37.2 Å². The molecule has 0 aliphatic rings. The number of unbranched alkanes of at least 4 members (excludes halogenated alkanes) is 29. The van der Waals surface area contributed by atoms with E-state index in [9.17, 15) is 14.4 Å². The van der Waals surface area contributed by atoms with E-state index < -0.39 is 6.10 Å². The van der Waals surface area contributed by atoms with Gasteiger partial charge in [0.05, 0.1) is 0 Å². The zero-order valence-corrected chi connectivity index (χ0v) is 35.6. The van der Waals surface area contributed by atoms with Crippen LogP contribution in [0.3, 0.4) is 0 Å². The SMILES string of the molecule is CCCCCCCC/C=C\CCCCCC(=O)OCC(COC(=O)CCCCCCCCCCCCC)OC(=O)CCCCCCCCCCCCC. The van der Waals surface area contributed by atoms with E-state index in [0.717, 1.165) is 70.6 Å². The van der Waals surface area contributed by atoms with E-state index in [0.29, 0.717) is 19.3 Å². The highest BCUT2D eigenvalue weighted by atomic mass is 16.6. The van der Waals surface area contributed by atoms with Crippen LogP contribution in [0.4, 0.5) is 0 Å². The third kappa shape index (κ3) is 41.2. The molecule has 0 fully saturated rings. The summed E-state index contributed by atoms with van der Waals surface area (Å²) < 4.78 is 16.7. The fraction of sp³-hybridized carbons (Fsp3) is 0.894. The Bertz CT molecular complexity index is 824. The molecule has 0 spiro atoms. The molecule has 0 heterocycles. The molecule has 6 nitrogen and oxygen atoms in total. The summed E-state index contributed by atoms with van der Waals surface area (Å²) in [5.74, 6) is -0.880. The number of ether oxygens (including phenoxy) is 3. The molecule has 0 aromatic carbocycles. The van der Waals surface area contributed by atoms with Gasteiger partial charge in [-0.1, -0.05) is 200 Å². The summed E-state index contributed by atoms with van der Waals surface area (Å²) in [6.45, 7) is 6.61. The molecular weight excluding hydrogens is 661 g/mol. The number of allylic oxidation sites excluding steroid dienone is 2. The van der Waals surface area contributed by atoms with E-state index in [1.807, 2.05) is 0 Å². The van der Waals surface area contributed by atoms with E-state index in [4.69, 9.17) is 14.2 Å². The lowest BCUT2D eigenvalue weighted by molar-refractivity contribution is -0.167. The predicted octanol–water partition coefficient (Wildman–Crippen LogP) is 14.6. The second-order valence-electron chi connectivity index (χ2n) is 15.7. The first-order valence-electron chi connectivity index (χ1n) is 23.2. The standard InChI is InChI=1S/C47H88O6/c1-4-7-10-13-16-19-22-23-26-28-31-34-37-40-46(49)52-43-44(53-47(50)41-38-35-32-29-25-21-18-15-12-9-6-3)42-51-45(48)39-36-33-30-27-24-20-17-14-11-8-5-2/h23,26,44H,4-22,24-25,27-43H2,1-3H3/b26-23-. The van der Waals surface area contributed by atoms with Crippen LogP contribution in [-0.2, 0) is 28.6 Å². The van der Waals surface area contributed by atoms with Gasteiger partial charge in [0.1, 0.15) is 13.2 Å². The van der Waals surface area contributed by atoms with Crippen LogP contribution in [0, 0.1) is 0 Å². The summed E-state index contributed by atoms with van der Waals surface area (Å²) in [5, 5.41) is 0. The Morgan fingerprint density at radius 2 is 0.623 bits per heavy atom. The average molecular weight is 749 g/mol. The molecule has 0 bridgehead atoms. The Morgan fingerprint density at radius 3 is 0.962 bits per heavy atom. The molecule has 0 saturated heterocycles. The summed E-state index contributed by atoms with van der Waals surface area (Å²) in [6.07, 6.45) is 44.7. The van der Waals surface area contributed by atoms with Gasteiger partial charge in [0, 0.05) is 19.3 Å². The Balaban J connectivity index is 4.36. The Kier molecular flexibility index (Phi) is 41.4. The van der Waals surface area contributed by atoms with Crippen molar-refractivity contribution in [3.8, 4) is 0 Å². The Hall–Kier alpha value is -1.85. The molecular formula is C47H88O6. The quantitative estimate of drug-likeness (QED) is 0.0268. The molecule has 0 aromatic rings. The van der Waals surface area contributed by atoms with Gasteiger partial charge in [-0.25, -0.2) is 0 Å². The Morgan fingerprint density at radius 1 is 0.358 bits per heavy atom. The summed E-state index contributed by atoms with van der Waals surface area (Å²) in [7, 11) is 0. The maximum absolute atomic E-state index is 12.7. The van der Waals surface area contributed by atoms with Crippen molar-refractivity contribution < 1.29 is 28.6 Å². The van der Waals surface area contributed by atoms with Gasteiger partial charge in [-0.05, 0) is 44.9 Å². The lowest BCUT2D eigenvalue weighted by Gasteiger charge is -2.18. The maximum atomic E-state index is 12.7. The van der Waals surface area contributed by atoms with E-state index in [-0.39, 0.29) is 31.1 Å². The van der Waals surface area contributed by atoms with Gasteiger partial charge in [0.25, 0.3) is 0 Å². The van der Waals surface area contributed by atoms with Crippen molar-refractivity contribution in [2.45, 2.75) is 258 Å². The molecule has 0 saturated carbocycles. The second kappa shape index (κ2) is 42.9. The summed E-state index contributed by atoms with van der Waals surface area (Å²) >= 11 is 0. The molecule has 1 unspecified atom stereocenters. The van der Waals surface area contributed by atoms with Crippen LogP contribution in [0.2, 0.25) is 0 Å². The van der Waals surface area contributed by atoms with Crippen molar-refractivity contribution >= 4 is 17.9 Å². The number of carbonyl (C=O) groups is 3. The van der Waals surface area contributed by atoms with Crippen molar-refractivity contribution in [3.05, 3.63) is 12.2 Å². The molecule has 0 rings (SSSR count). The summed E-state index contributed by atoms with van der Waals surface area (Å²) in [4.78, 5) is 37.7. The average Bonchev–Trinajstić information content (AvgIpc) is 3.15. The van der Waals surface area contributed by atoms with Crippen LogP contribution in [0.1, 0.15) is 252 Å². The van der Waals surface area contributed by atoms with Crippen molar-refractivity contribution in [1.29, 1.82) is 0 Å². The zero-order chi connectivity index (χ0) is 38.7. The minimum Gasteiger partial charge on any atom is -0.462 e. The van der Waals surface area contributed by atoms with Gasteiger partial charge in [-0.3, -0.25) is 14.4 Å². The van der Waals surface area contributed by atoms with E-state index in [1.165, 1.54) is 141 Å². The number of hydrogen-bond donors (Lipinski definition) is 0. The van der Waals surface area contributed by atoms with Gasteiger partial charge in [-0.2, -0.15) is 0 Å². The fourth-order valence-corrected chi connectivity index (χ4v) is 6.73. The molecule has 0 amide bonds. The van der Waals surface area contributed by atoms with Gasteiger partial charge >= 0.3 is 17.9 Å². The first-order chi connectivity index (χ1) is 26.0. The van der Waals surface area contributed by atoms with E-state index >= 15 is 0 Å². The van der Waals surface area contributed by atoms with Crippen molar-refractivity contribution in [1.82, 2.24) is 0 Å². The molecule has 0 aliphatic carbocycles. The number of rotatable bonds is 42. The molecule has 1 atom stereocenters. The topological polar surface area (TPSA) is 78.9 Å². The highest BCUT2D eigenvalue weighted by Gasteiger charge is 2.19. The highest BCUT2D eigenvalue weighted by molar-refractivity contribution is 5.71. The van der Waals surface area contributed by atoms with Gasteiger partial charge in [0.15, 0.2) is 6.10 Å². The molecule has 53 heavy (non-hydrogen) atoms. The first kappa shape index (κ1) is 51.1. The number of esters is 3. The first-order valence-corrected chi connectivity index (χ1v) is 23.2. The highest BCUT2D eigenvalue weighted by Crippen LogP contribution is 2.15. The molecule has 312 valence electrons. The van der Waals surface area contributed by atoms with E-state index in [1.54, 1.807) is 0 Å². The van der Waals surface area contributed by atoms with Gasteiger partial charge in [-0.15, -0.1) is 0 Å². The number of hydrogen-bond acceptors (Lipinski definition) is 6. The third-order valence-corrected chi connectivity index (χ3v) is 10.3. The minimum atomic E-state index is -0.766. The molecule has 0 radical (unpaired) electrons. The minimum absolute atomic E-state index is 0.0702. The van der Waals surface area contributed by atoms with Crippen LogP contribution in [0.15, 0.2) is 12.2 Å². The van der Waals surface area contributed by atoms with Crippen LogP contribution < -0.4 is 0 Å². The summed E-state index contributed by atoms with van der Waals surface area (Å²) in [6, 6.07) is 0.